The van der Waals surface area contributed by atoms with E-state index in [9.17, 15) is 15.0 Å². The average Bonchev–Trinajstić information content (AvgIpc) is 3.51. The minimum atomic E-state index is -0.454. The molecule has 2 N–H and O–H groups in total. The molecule has 2 fully saturated rings. The SMILES string of the molecule is O=c1c(N=Nc2noc3cccc(O)c23)c(O)n(C2CCCC2)c(=S)n1C1CCCC1. The number of aromatic nitrogens is 3. The van der Waals surface area contributed by atoms with Crippen LogP contribution in [0.15, 0.2) is 37.7 Å². The number of rotatable bonds is 4. The molecule has 0 bridgehead atoms. The lowest BCUT2D eigenvalue weighted by atomic mass is 10.2. The Kier molecular flexibility index (Phi) is 5.09. The van der Waals surface area contributed by atoms with Crippen molar-refractivity contribution >= 4 is 34.7 Å². The van der Waals surface area contributed by atoms with Gasteiger partial charge in [-0.2, -0.15) is 0 Å². The van der Waals surface area contributed by atoms with Crippen molar-refractivity contribution in [2.45, 2.75) is 63.5 Å². The van der Waals surface area contributed by atoms with Gasteiger partial charge in [-0.1, -0.05) is 36.9 Å². The summed E-state index contributed by atoms with van der Waals surface area (Å²) in [7, 11) is 0. The number of aromatic hydroxyl groups is 2. The van der Waals surface area contributed by atoms with Gasteiger partial charge in [0.05, 0.1) is 0 Å². The zero-order valence-electron chi connectivity index (χ0n) is 16.9. The highest BCUT2D eigenvalue weighted by atomic mass is 32.1. The molecule has 2 saturated carbocycles. The Balaban J connectivity index is 1.67. The molecule has 9 nitrogen and oxygen atoms in total. The van der Waals surface area contributed by atoms with E-state index in [2.05, 4.69) is 15.4 Å². The Morgan fingerprint density at radius 3 is 2.32 bits per heavy atom. The van der Waals surface area contributed by atoms with E-state index in [-0.39, 0.29) is 35.2 Å². The second-order valence-corrected chi connectivity index (χ2v) is 8.60. The van der Waals surface area contributed by atoms with Crippen LogP contribution in [-0.2, 0) is 0 Å². The second kappa shape index (κ2) is 7.92. The average molecular weight is 442 g/mol. The standard InChI is InChI=1S/C21H23N5O4S/c27-14-10-5-11-15-16(14)18(24-30-15)23-22-17-19(28)25(12-6-1-2-7-12)21(31)26(20(17)29)13-8-3-4-9-13/h5,10-13,27-28H,1-4,6-9H2. The van der Waals surface area contributed by atoms with E-state index in [1.807, 2.05) is 0 Å². The summed E-state index contributed by atoms with van der Waals surface area (Å²) in [5, 5.41) is 33.4. The zero-order chi connectivity index (χ0) is 21.5. The molecule has 31 heavy (non-hydrogen) atoms. The van der Waals surface area contributed by atoms with Gasteiger partial charge in [-0.25, -0.2) is 0 Å². The van der Waals surface area contributed by atoms with Crippen LogP contribution < -0.4 is 5.56 Å². The van der Waals surface area contributed by atoms with Crippen LogP contribution in [0.1, 0.15) is 63.5 Å². The Morgan fingerprint density at radius 2 is 1.65 bits per heavy atom. The fourth-order valence-corrected chi connectivity index (χ4v) is 5.27. The van der Waals surface area contributed by atoms with Crippen molar-refractivity contribution in [3.05, 3.63) is 33.3 Å². The van der Waals surface area contributed by atoms with Gasteiger partial charge >= 0.3 is 0 Å². The van der Waals surface area contributed by atoms with E-state index in [4.69, 9.17) is 16.7 Å². The van der Waals surface area contributed by atoms with Gasteiger partial charge < -0.3 is 14.7 Å². The normalized spacial score (nSPS) is 18.1. The zero-order valence-corrected chi connectivity index (χ0v) is 17.7. The molecule has 162 valence electrons. The molecule has 0 radical (unpaired) electrons. The third-order valence-corrected chi connectivity index (χ3v) is 6.75. The van der Waals surface area contributed by atoms with Gasteiger partial charge in [-0.3, -0.25) is 13.9 Å². The van der Waals surface area contributed by atoms with Crippen molar-refractivity contribution in [2.75, 3.05) is 0 Å². The highest BCUT2D eigenvalue weighted by Crippen LogP contribution is 2.39. The first-order valence-corrected chi connectivity index (χ1v) is 11.1. The number of nitrogens with zero attached hydrogens (tertiary/aromatic N) is 5. The summed E-state index contributed by atoms with van der Waals surface area (Å²) < 4.78 is 8.81. The van der Waals surface area contributed by atoms with Crippen molar-refractivity contribution in [1.29, 1.82) is 0 Å². The summed E-state index contributed by atoms with van der Waals surface area (Å²) in [5.41, 5.74) is -0.271. The molecule has 0 spiro atoms. The predicted molar refractivity (Wildman–Crippen MR) is 116 cm³/mol. The first kappa shape index (κ1) is 19.9. The van der Waals surface area contributed by atoms with Crippen LogP contribution in [0.25, 0.3) is 11.0 Å². The van der Waals surface area contributed by atoms with Crippen molar-refractivity contribution in [2.24, 2.45) is 10.2 Å². The minimum Gasteiger partial charge on any atom is -0.507 e. The van der Waals surface area contributed by atoms with Gasteiger partial charge in [0.15, 0.2) is 10.4 Å². The maximum Gasteiger partial charge on any atom is 0.286 e. The van der Waals surface area contributed by atoms with E-state index >= 15 is 0 Å². The first-order valence-electron chi connectivity index (χ1n) is 10.7. The quantitative estimate of drug-likeness (QED) is 0.403. The van der Waals surface area contributed by atoms with Crippen LogP contribution in [0, 0.1) is 4.77 Å². The highest BCUT2D eigenvalue weighted by Gasteiger charge is 2.28. The minimum absolute atomic E-state index is 0.000807. The number of hydrogen-bond donors (Lipinski definition) is 2. The summed E-state index contributed by atoms with van der Waals surface area (Å²) in [4.78, 5) is 13.3. The van der Waals surface area contributed by atoms with Gasteiger partial charge in [0.25, 0.3) is 5.56 Å². The molecule has 3 aromatic rings. The van der Waals surface area contributed by atoms with Gasteiger partial charge in [-0.05, 0) is 50.0 Å². The van der Waals surface area contributed by atoms with E-state index in [1.54, 1.807) is 21.3 Å². The largest absolute Gasteiger partial charge is 0.507 e. The molecule has 2 aliphatic rings. The molecule has 2 aromatic heterocycles. The molecule has 0 atom stereocenters. The van der Waals surface area contributed by atoms with Gasteiger partial charge in [0, 0.05) is 12.1 Å². The lowest BCUT2D eigenvalue weighted by Gasteiger charge is -2.23. The molecule has 0 saturated heterocycles. The molecule has 2 heterocycles. The summed E-state index contributed by atoms with van der Waals surface area (Å²) in [6, 6.07) is 4.79. The number of phenolic OH excluding ortho intramolecular Hbond substituents is 1. The molecule has 5 rings (SSSR count). The fraction of sp³-hybridized carbons (Fsp3) is 0.476. The summed E-state index contributed by atoms with van der Waals surface area (Å²) in [6.07, 6.45) is 7.71. The molecular formula is C21H23N5O4S. The summed E-state index contributed by atoms with van der Waals surface area (Å²) in [5.74, 6) is -0.284. The number of benzene rings is 1. The molecule has 2 aliphatic carbocycles. The van der Waals surface area contributed by atoms with Crippen LogP contribution in [0.4, 0.5) is 11.5 Å². The second-order valence-electron chi connectivity index (χ2n) is 8.23. The fourth-order valence-electron chi connectivity index (χ4n) is 4.80. The third kappa shape index (κ3) is 3.34. The first-order chi connectivity index (χ1) is 15.1. The smallest absolute Gasteiger partial charge is 0.286 e. The monoisotopic (exact) mass is 441 g/mol. The maximum atomic E-state index is 13.3. The van der Waals surface area contributed by atoms with E-state index in [0.717, 1.165) is 51.4 Å². The Morgan fingerprint density at radius 1 is 1.00 bits per heavy atom. The summed E-state index contributed by atoms with van der Waals surface area (Å²) in [6.45, 7) is 0. The summed E-state index contributed by atoms with van der Waals surface area (Å²) >= 11 is 5.68. The molecule has 0 unspecified atom stereocenters. The molecule has 10 heteroatoms. The molecule has 0 amide bonds. The van der Waals surface area contributed by atoms with Crippen LogP contribution >= 0.6 is 12.2 Å². The van der Waals surface area contributed by atoms with Gasteiger partial charge in [-0.15, -0.1) is 10.2 Å². The van der Waals surface area contributed by atoms with E-state index < -0.39 is 5.56 Å². The number of hydrogen-bond acceptors (Lipinski definition) is 8. The van der Waals surface area contributed by atoms with Crippen LogP contribution in [0.5, 0.6) is 11.6 Å². The van der Waals surface area contributed by atoms with Crippen molar-refractivity contribution in [3.8, 4) is 11.6 Å². The molecule has 1 aromatic carbocycles. The van der Waals surface area contributed by atoms with Crippen LogP contribution in [-0.4, -0.2) is 24.5 Å². The third-order valence-electron chi connectivity index (χ3n) is 6.36. The Bertz CT molecular complexity index is 1280. The molecule has 0 aliphatic heterocycles. The number of azo groups is 1. The van der Waals surface area contributed by atoms with E-state index in [1.165, 1.54) is 6.07 Å². The van der Waals surface area contributed by atoms with E-state index in [0.29, 0.717) is 15.7 Å². The Labute approximate surface area is 182 Å². The maximum absolute atomic E-state index is 13.3. The van der Waals surface area contributed by atoms with Gasteiger partial charge in [0.2, 0.25) is 17.4 Å². The van der Waals surface area contributed by atoms with Crippen LogP contribution in [0.2, 0.25) is 0 Å². The van der Waals surface area contributed by atoms with Crippen molar-refractivity contribution in [3.63, 3.8) is 0 Å². The highest BCUT2D eigenvalue weighted by molar-refractivity contribution is 7.71. The Hall–Kier alpha value is -3.01. The lowest BCUT2D eigenvalue weighted by Crippen LogP contribution is -2.28. The van der Waals surface area contributed by atoms with Gasteiger partial charge in [0.1, 0.15) is 11.1 Å². The van der Waals surface area contributed by atoms with Crippen molar-refractivity contribution < 1.29 is 14.7 Å². The topological polar surface area (TPSA) is 118 Å². The number of phenols is 1. The lowest BCUT2D eigenvalue weighted by molar-refractivity contribution is 0.349. The predicted octanol–water partition coefficient (Wildman–Crippen LogP) is 5.58. The van der Waals surface area contributed by atoms with Crippen LogP contribution in [0.3, 0.4) is 0 Å². The molecular weight excluding hydrogens is 418 g/mol. The number of fused-ring (bicyclic) bond motifs is 1. The van der Waals surface area contributed by atoms with Crippen molar-refractivity contribution in [1.82, 2.24) is 14.3 Å².